The molecule has 33 heavy (non-hydrogen) atoms. The van der Waals surface area contributed by atoms with Crippen LogP contribution >= 0.6 is 0 Å². The van der Waals surface area contributed by atoms with E-state index in [4.69, 9.17) is 5.10 Å². The zero-order chi connectivity index (χ0) is 23.2. The molecule has 4 rings (SSSR count). The zero-order valence-corrected chi connectivity index (χ0v) is 18.0. The highest BCUT2D eigenvalue weighted by Gasteiger charge is 2.13. The van der Waals surface area contributed by atoms with Gasteiger partial charge in [0.15, 0.2) is 11.6 Å². The van der Waals surface area contributed by atoms with Gasteiger partial charge in [-0.2, -0.15) is 5.10 Å². The summed E-state index contributed by atoms with van der Waals surface area (Å²) in [4.78, 5) is 16.7. The van der Waals surface area contributed by atoms with E-state index in [1.165, 1.54) is 12.1 Å². The van der Waals surface area contributed by atoms with Gasteiger partial charge in [-0.1, -0.05) is 36.4 Å². The van der Waals surface area contributed by atoms with Gasteiger partial charge in [0, 0.05) is 35.8 Å². The number of hydrogen-bond donors (Lipinski definition) is 1. The minimum absolute atomic E-state index is 0.361. The molecule has 2 aromatic heterocycles. The lowest BCUT2D eigenvalue weighted by molar-refractivity contribution is -0.117. The SMILES string of the molecule is CC(NC(=O)/C=C/c1cn(Cc2ccccc2)nc1-c1cccnc1)c1ccc(F)c(F)c1. The molecule has 1 atom stereocenters. The maximum absolute atomic E-state index is 13.5. The maximum atomic E-state index is 13.5. The minimum atomic E-state index is -0.948. The number of rotatable bonds is 7. The van der Waals surface area contributed by atoms with Gasteiger partial charge in [-0.25, -0.2) is 8.78 Å². The highest BCUT2D eigenvalue weighted by atomic mass is 19.2. The first-order chi connectivity index (χ1) is 16.0. The first-order valence-corrected chi connectivity index (χ1v) is 10.4. The summed E-state index contributed by atoms with van der Waals surface area (Å²) in [5.41, 5.74) is 3.87. The van der Waals surface area contributed by atoms with Gasteiger partial charge in [-0.3, -0.25) is 14.5 Å². The lowest BCUT2D eigenvalue weighted by Gasteiger charge is -2.13. The van der Waals surface area contributed by atoms with Crippen molar-refractivity contribution in [3.8, 4) is 11.3 Å². The summed E-state index contributed by atoms with van der Waals surface area (Å²) in [6, 6.07) is 16.8. The summed E-state index contributed by atoms with van der Waals surface area (Å²) in [7, 11) is 0. The average molecular weight is 444 g/mol. The van der Waals surface area contributed by atoms with Crippen molar-refractivity contribution in [3.63, 3.8) is 0 Å². The Labute approximate surface area is 190 Å². The van der Waals surface area contributed by atoms with Crippen LogP contribution < -0.4 is 5.32 Å². The van der Waals surface area contributed by atoms with Crippen LogP contribution in [0.2, 0.25) is 0 Å². The number of halogens is 2. The van der Waals surface area contributed by atoms with Gasteiger partial charge in [0.1, 0.15) is 5.69 Å². The van der Waals surface area contributed by atoms with Crippen molar-refractivity contribution in [2.45, 2.75) is 19.5 Å². The van der Waals surface area contributed by atoms with Crippen molar-refractivity contribution in [1.29, 1.82) is 0 Å². The molecule has 0 fully saturated rings. The van der Waals surface area contributed by atoms with E-state index in [1.54, 1.807) is 25.4 Å². The molecule has 0 aliphatic rings. The molecule has 0 saturated carbocycles. The Morgan fingerprint density at radius 1 is 1.09 bits per heavy atom. The van der Waals surface area contributed by atoms with Crippen LogP contribution in [0.1, 0.15) is 29.7 Å². The van der Waals surface area contributed by atoms with E-state index in [0.717, 1.165) is 28.8 Å². The third-order valence-electron chi connectivity index (χ3n) is 5.13. The van der Waals surface area contributed by atoms with E-state index >= 15 is 0 Å². The van der Waals surface area contributed by atoms with E-state index in [2.05, 4.69) is 10.3 Å². The average Bonchev–Trinajstić information content (AvgIpc) is 3.23. The Morgan fingerprint density at radius 3 is 2.64 bits per heavy atom. The number of hydrogen-bond acceptors (Lipinski definition) is 3. The second-order valence-electron chi connectivity index (χ2n) is 7.60. The fourth-order valence-electron chi connectivity index (χ4n) is 3.43. The molecule has 4 aromatic rings. The van der Waals surface area contributed by atoms with Crippen LogP contribution in [0.3, 0.4) is 0 Å². The van der Waals surface area contributed by atoms with E-state index < -0.39 is 17.7 Å². The predicted molar refractivity (Wildman–Crippen MR) is 123 cm³/mol. The lowest BCUT2D eigenvalue weighted by Crippen LogP contribution is -2.24. The van der Waals surface area contributed by atoms with Crippen molar-refractivity contribution >= 4 is 12.0 Å². The molecule has 166 valence electrons. The van der Waals surface area contributed by atoms with Crippen molar-refractivity contribution < 1.29 is 13.6 Å². The zero-order valence-electron chi connectivity index (χ0n) is 18.0. The van der Waals surface area contributed by atoms with E-state index in [1.807, 2.05) is 53.3 Å². The number of carbonyl (C=O) groups is 1. The molecular weight excluding hydrogens is 422 g/mol. The highest BCUT2D eigenvalue weighted by Crippen LogP contribution is 2.23. The Morgan fingerprint density at radius 2 is 1.91 bits per heavy atom. The number of benzene rings is 2. The summed E-state index contributed by atoms with van der Waals surface area (Å²) in [5.74, 6) is -2.23. The second-order valence-corrected chi connectivity index (χ2v) is 7.60. The van der Waals surface area contributed by atoms with Crippen molar-refractivity contribution in [2.24, 2.45) is 0 Å². The smallest absolute Gasteiger partial charge is 0.244 e. The van der Waals surface area contributed by atoms with Crippen LogP contribution in [-0.2, 0) is 11.3 Å². The largest absolute Gasteiger partial charge is 0.346 e. The Bertz CT molecular complexity index is 1270. The number of amides is 1. The molecule has 0 aliphatic carbocycles. The molecular formula is C26H22F2N4O. The monoisotopic (exact) mass is 444 g/mol. The number of pyridine rings is 1. The minimum Gasteiger partial charge on any atom is -0.346 e. The number of carbonyl (C=O) groups excluding carboxylic acids is 1. The summed E-state index contributed by atoms with van der Waals surface area (Å²) < 4.78 is 28.5. The fourth-order valence-corrected chi connectivity index (χ4v) is 3.43. The maximum Gasteiger partial charge on any atom is 0.244 e. The van der Waals surface area contributed by atoms with Gasteiger partial charge in [-0.05, 0) is 48.4 Å². The predicted octanol–water partition coefficient (Wildman–Crippen LogP) is 5.16. The van der Waals surface area contributed by atoms with E-state index in [9.17, 15) is 13.6 Å². The van der Waals surface area contributed by atoms with Gasteiger partial charge >= 0.3 is 0 Å². The fraction of sp³-hybridized carbons (Fsp3) is 0.115. The van der Waals surface area contributed by atoms with Crippen LogP contribution in [-0.4, -0.2) is 20.7 Å². The summed E-state index contributed by atoms with van der Waals surface area (Å²) in [5, 5.41) is 7.46. The summed E-state index contributed by atoms with van der Waals surface area (Å²) in [6.07, 6.45) is 8.37. The van der Waals surface area contributed by atoms with Crippen molar-refractivity contribution in [1.82, 2.24) is 20.1 Å². The summed E-state index contributed by atoms with van der Waals surface area (Å²) >= 11 is 0. The standard InChI is InChI=1S/C26H22F2N4O/c1-18(20-9-11-23(27)24(28)14-20)30-25(33)12-10-22-17-32(16-19-6-3-2-4-7-19)31-26(22)21-8-5-13-29-15-21/h2-15,17-18H,16H2,1H3,(H,30,33)/b12-10+. The Balaban J connectivity index is 1.54. The highest BCUT2D eigenvalue weighted by molar-refractivity contribution is 5.93. The van der Waals surface area contributed by atoms with Crippen LogP contribution in [0.5, 0.6) is 0 Å². The topological polar surface area (TPSA) is 59.8 Å². The molecule has 0 saturated heterocycles. The van der Waals surface area contributed by atoms with Gasteiger partial charge in [0.2, 0.25) is 5.91 Å². The first-order valence-electron chi connectivity index (χ1n) is 10.4. The Hall–Kier alpha value is -4.13. The van der Waals surface area contributed by atoms with Crippen molar-refractivity contribution in [3.05, 3.63) is 114 Å². The second kappa shape index (κ2) is 9.99. The molecule has 7 heteroatoms. The number of nitrogens with zero attached hydrogens (tertiary/aromatic N) is 3. The molecule has 2 aromatic carbocycles. The molecule has 0 aliphatic heterocycles. The van der Waals surface area contributed by atoms with Gasteiger partial charge in [0.05, 0.1) is 12.6 Å². The Kier molecular flexibility index (Phi) is 6.69. The number of nitrogens with one attached hydrogen (secondary N) is 1. The molecule has 2 heterocycles. The molecule has 0 bridgehead atoms. The van der Waals surface area contributed by atoms with Gasteiger partial charge in [0.25, 0.3) is 0 Å². The van der Waals surface area contributed by atoms with E-state index in [0.29, 0.717) is 17.8 Å². The molecule has 1 unspecified atom stereocenters. The molecule has 1 N–H and O–H groups in total. The quantitative estimate of drug-likeness (QED) is 0.401. The molecule has 5 nitrogen and oxygen atoms in total. The normalized spacial score (nSPS) is 12.1. The lowest BCUT2D eigenvalue weighted by atomic mass is 10.1. The van der Waals surface area contributed by atoms with Crippen LogP contribution in [0, 0.1) is 11.6 Å². The van der Waals surface area contributed by atoms with Crippen LogP contribution in [0.4, 0.5) is 8.78 Å². The third kappa shape index (κ3) is 5.57. The molecule has 0 radical (unpaired) electrons. The van der Waals surface area contributed by atoms with Gasteiger partial charge in [-0.15, -0.1) is 0 Å². The summed E-state index contributed by atoms with van der Waals surface area (Å²) in [6.45, 7) is 2.29. The third-order valence-corrected chi connectivity index (χ3v) is 5.13. The first kappa shape index (κ1) is 22.1. The number of aromatic nitrogens is 3. The van der Waals surface area contributed by atoms with Gasteiger partial charge < -0.3 is 5.32 Å². The van der Waals surface area contributed by atoms with Crippen LogP contribution in [0.15, 0.2) is 85.3 Å². The molecule has 0 spiro atoms. The van der Waals surface area contributed by atoms with Crippen molar-refractivity contribution in [2.75, 3.05) is 0 Å². The van der Waals surface area contributed by atoms with E-state index in [-0.39, 0.29) is 5.91 Å². The van der Waals surface area contributed by atoms with Crippen LogP contribution in [0.25, 0.3) is 17.3 Å². The molecule has 1 amide bonds.